The fourth-order valence-corrected chi connectivity index (χ4v) is 4.66. The molecule has 1 heterocycles. The monoisotopic (exact) mass is 310 g/mol. The summed E-state index contributed by atoms with van der Waals surface area (Å²) in [6.07, 6.45) is 1.72. The fraction of sp³-hybridized carbons (Fsp3) is 0.625. The van der Waals surface area contributed by atoms with Crippen molar-refractivity contribution in [3.63, 3.8) is 0 Å². The van der Waals surface area contributed by atoms with Crippen LogP contribution in [0.4, 0.5) is 5.69 Å². The lowest BCUT2D eigenvalue weighted by atomic mass is 9.82. The first-order chi connectivity index (χ1) is 9.49. The fourth-order valence-electron chi connectivity index (χ4n) is 3.22. The number of nitrogens with one attached hydrogen (secondary N) is 2. The van der Waals surface area contributed by atoms with Gasteiger partial charge in [0.25, 0.3) is 0 Å². The molecule has 0 aliphatic carbocycles. The standard InChI is InChI=1S/C16H26N2O2S/c1-15(2,3)11-16(4,5)18-21(19,20)13-7-6-12-8-9-17-14(12)10-13/h6-7,10,17-18H,8-9,11H2,1-5H3. The van der Waals surface area contributed by atoms with Crippen LogP contribution in [0.2, 0.25) is 0 Å². The lowest BCUT2D eigenvalue weighted by Gasteiger charge is -2.33. The van der Waals surface area contributed by atoms with Gasteiger partial charge in [-0.1, -0.05) is 26.8 Å². The van der Waals surface area contributed by atoms with Crippen molar-refractivity contribution < 1.29 is 8.42 Å². The first-order valence-corrected chi connectivity index (χ1v) is 8.88. The first-order valence-electron chi connectivity index (χ1n) is 7.39. The van der Waals surface area contributed by atoms with Crippen LogP contribution in [0.25, 0.3) is 0 Å². The molecule has 0 saturated carbocycles. The molecule has 0 spiro atoms. The highest BCUT2D eigenvalue weighted by Crippen LogP contribution is 2.29. The van der Waals surface area contributed by atoms with Gasteiger partial charge in [-0.05, 0) is 49.8 Å². The Morgan fingerprint density at radius 3 is 2.48 bits per heavy atom. The lowest BCUT2D eigenvalue weighted by molar-refractivity contribution is 0.269. The van der Waals surface area contributed by atoms with E-state index < -0.39 is 15.6 Å². The minimum atomic E-state index is -3.50. The van der Waals surface area contributed by atoms with Gasteiger partial charge in [0.15, 0.2) is 0 Å². The molecule has 118 valence electrons. The van der Waals surface area contributed by atoms with Crippen molar-refractivity contribution in [1.29, 1.82) is 0 Å². The maximum absolute atomic E-state index is 12.6. The highest BCUT2D eigenvalue weighted by molar-refractivity contribution is 7.89. The molecule has 1 aliphatic rings. The highest BCUT2D eigenvalue weighted by Gasteiger charge is 2.31. The van der Waals surface area contributed by atoms with Gasteiger partial charge in [0.05, 0.1) is 4.90 Å². The van der Waals surface area contributed by atoms with E-state index in [0.717, 1.165) is 25.1 Å². The van der Waals surface area contributed by atoms with Gasteiger partial charge in [0.2, 0.25) is 10.0 Å². The van der Waals surface area contributed by atoms with E-state index in [1.807, 2.05) is 19.9 Å². The summed E-state index contributed by atoms with van der Waals surface area (Å²) in [5.74, 6) is 0. The van der Waals surface area contributed by atoms with Crippen molar-refractivity contribution in [2.45, 2.75) is 57.9 Å². The normalized spacial score (nSPS) is 15.7. The molecule has 1 aromatic carbocycles. The van der Waals surface area contributed by atoms with Gasteiger partial charge < -0.3 is 5.32 Å². The summed E-state index contributed by atoms with van der Waals surface area (Å²) in [5, 5.41) is 3.22. The average Bonchev–Trinajstić information content (AvgIpc) is 2.70. The number of rotatable bonds is 4. The van der Waals surface area contributed by atoms with Crippen LogP contribution < -0.4 is 10.0 Å². The summed E-state index contributed by atoms with van der Waals surface area (Å²) in [6.45, 7) is 11.1. The molecule has 0 unspecified atom stereocenters. The third kappa shape index (κ3) is 4.20. The number of hydrogen-bond acceptors (Lipinski definition) is 3. The predicted octanol–water partition coefficient (Wildman–Crippen LogP) is 3.15. The van der Waals surface area contributed by atoms with Gasteiger partial charge >= 0.3 is 0 Å². The molecule has 1 aromatic rings. The minimum absolute atomic E-state index is 0.0610. The van der Waals surface area contributed by atoms with E-state index in [0.29, 0.717) is 4.90 Å². The molecule has 2 N–H and O–H groups in total. The molecule has 0 bridgehead atoms. The number of benzene rings is 1. The lowest BCUT2D eigenvalue weighted by Crippen LogP contribution is -2.45. The molecular formula is C16H26N2O2S. The topological polar surface area (TPSA) is 58.2 Å². The molecule has 0 atom stereocenters. The largest absolute Gasteiger partial charge is 0.384 e. The van der Waals surface area contributed by atoms with E-state index in [1.54, 1.807) is 12.1 Å². The van der Waals surface area contributed by atoms with Crippen molar-refractivity contribution >= 4 is 15.7 Å². The van der Waals surface area contributed by atoms with E-state index in [-0.39, 0.29) is 5.41 Å². The first kappa shape index (κ1) is 16.3. The van der Waals surface area contributed by atoms with Crippen molar-refractivity contribution in [3.05, 3.63) is 23.8 Å². The predicted molar refractivity (Wildman–Crippen MR) is 87.1 cm³/mol. The second kappa shape index (κ2) is 5.29. The maximum Gasteiger partial charge on any atom is 0.241 e. The van der Waals surface area contributed by atoms with Crippen LogP contribution in [0.3, 0.4) is 0 Å². The Labute approximate surface area is 128 Å². The van der Waals surface area contributed by atoms with Crippen molar-refractivity contribution in [2.24, 2.45) is 5.41 Å². The molecule has 0 aromatic heterocycles. The van der Waals surface area contributed by atoms with Gasteiger partial charge in [-0.3, -0.25) is 0 Å². The average molecular weight is 310 g/mol. The van der Waals surface area contributed by atoms with Crippen LogP contribution in [0.5, 0.6) is 0 Å². The smallest absolute Gasteiger partial charge is 0.241 e. The Bertz CT molecular complexity index is 628. The van der Waals surface area contributed by atoms with Gasteiger partial charge in [0, 0.05) is 17.8 Å². The van der Waals surface area contributed by atoms with E-state index in [4.69, 9.17) is 0 Å². The molecule has 0 radical (unpaired) electrons. The molecule has 0 fully saturated rings. The third-order valence-electron chi connectivity index (χ3n) is 3.48. The summed E-state index contributed by atoms with van der Waals surface area (Å²) >= 11 is 0. The third-order valence-corrected chi connectivity index (χ3v) is 5.18. The zero-order chi connectivity index (χ0) is 15.9. The Hall–Kier alpha value is -1.07. The van der Waals surface area contributed by atoms with Crippen molar-refractivity contribution in [2.75, 3.05) is 11.9 Å². The molecule has 4 nitrogen and oxygen atoms in total. The van der Waals surface area contributed by atoms with Gasteiger partial charge in [-0.15, -0.1) is 0 Å². The quantitative estimate of drug-likeness (QED) is 0.898. The zero-order valence-corrected chi connectivity index (χ0v) is 14.4. The summed E-state index contributed by atoms with van der Waals surface area (Å²) < 4.78 is 28.0. The van der Waals surface area contributed by atoms with E-state index in [2.05, 4.69) is 30.8 Å². The summed E-state index contributed by atoms with van der Waals surface area (Å²) in [7, 11) is -3.50. The van der Waals surface area contributed by atoms with E-state index >= 15 is 0 Å². The Balaban J connectivity index is 2.22. The summed E-state index contributed by atoms with van der Waals surface area (Å²) in [4.78, 5) is 0.331. The molecule has 5 heteroatoms. The number of sulfonamides is 1. The van der Waals surface area contributed by atoms with Crippen molar-refractivity contribution in [1.82, 2.24) is 4.72 Å². The van der Waals surface area contributed by atoms with E-state index in [9.17, 15) is 8.42 Å². The highest BCUT2D eigenvalue weighted by atomic mass is 32.2. The molecular weight excluding hydrogens is 284 g/mol. The Morgan fingerprint density at radius 2 is 1.86 bits per heavy atom. The Kier molecular flexibility index (Phi) is 4.10. The number of hydrogen-bond donors (Lipinski definition) is 2. The summed E-state index contributed by atoms with van der Waals surface area (Å²) in [5.41, 5.74) is 1.70. The molecule has 0 saturated heterocycles. The maximum atomic E-state index is 12.6. The second-order valence-corrected chi connectivity index (χ2v) is 9.40. The molecule has 0 amide bonds. The molecule has 1 aliphatic heterocycles. The Morgan fingerprint density at radius 1 is 1.19 bits per heavy atom. The van der Waals surface area contributed by atoms with Crippen LogP contribution >= 0.6 is 0 Å². The van der Waals surface area contributed by atoms with Gasteiger partial charge in [-0.25, -0.2) is 13.1 Å². The summed E-state index contributed by atoms with van der Waals surface area (Å²) in [6, 6.07) is 5.33. The van der Waals surface area contributed by atoms with Crippen molar-refractivity contribution in [3.8, 4) is 0 Å². The van der Waals surface area contributed by atoms with Crippen LogP contribution in [-0.2, 0) is 16.4 Å². The number of anilines is 1. The van der Waals surface area contributed by atoms with Gasteiger partial charge in [0.1, 0.15) is 0 Å². The van der Waals surface area contributed by atoms with E-state index in [1.165, 1.54) is 5.56 Å². The number of fused-ring (bicyclic) bond motifs is 1. The SMILES string of the molecule is CC(C)(C)CC(C)(C)NS(=O)(=O)c1ccc2c(c1)NCC2. The van der Waals surface area contributed by atoms with Gasteiger partial charge in [-0.2, -0.15) is 0 Å². The van der Waals surface area contributed by atoms with Crippen LogP contribution in [0, 0.1) is 5.41 Å². The molecule has 21 heavy (non-hydrogen) atoms. The zero-order valence-electron chi connectivity index (χ0n) is 13.6. The minimum Gasteiger partial charge on any atom is -0.384 e. The van der Waals surface area contributed by atoms with Crippen LogP contribution in [0.15, 0.2) is 23.1 Å². The second-order valence-electron chi connectivity index (χ2n) is 7.72. The molecule has 2 rings (SSSR count). The van der Waals surface area contributed by atoms with Crippen LogP contribution in [-0.4, -0.2) is 20.5 Å². The van der Waals surface area contributed by atoms with Crippen LogP contribution in [0.1, 0.15) is 46.6 Å².